The quantitative estimate of drug-likeness (QED) is 0.0218. The van der Waals surface area contributed by atoms with Crippen molar-refractivity contribution in [3.05, 3.63) is 204 Å². The van der Waals surface area contributed by atoms with E-state index in [1.807, 2.05) is 121 Å². The minimum absolute atomic E-state index is 0.0862. The number of ketones is 4. The highest BCUT2D eigenvalue weighted by atomic mass is 16.5. The standard InChI is InChI=1S/C27H35N5O5.C25H33N5O6.C24H37N5O6.C23H35N5O5/c28-14-8-7-13-20(27(37)32-22(25(30)35)17-24(29)34)16-23(33)21(15-18-9-3-1-4-10-18)31-26(36)19-11-5-2-6-12-19;26-10-5-4-8-17(24(34)30-20(23(28)33)14-22(27)32)13-21(31)19(12-16-6-2-1-3-7-16)29-25(35)18-9-11-36-15-18;1-35-12-10-22(32)28-18(13-16-7-3-2-4-8-16)20(30)14-17(9-5-6-11-25)24(34)29-19(23(27)33)15-21(26)31;1-2-21(31)27-17(12-15-8-4-3-5-9-15)19(29)13-16(10-6-7-11-24)23(33)28-18(22(26)32)14-20(25)30/h1-6,9-12,20-22H,7-8,13-17,28H2,(H2,29,34)(H2,30,35)(H,31,36)(H,32,37);1-3,6-7,9,11,15,17,19-20H,4-5,8,10,12-14,26H2,(H2,27,32)(H2,28,33)(H,29,35)(H,30,34);2-4,7-8,17-19H,5-6,9-15,25H2,1H3,(H2,26,31)(H2,27,33)(H,28,32)(H,29,34);3-5,8-9,16-18H,2,6-7,10-14,24H2,1H3,(H2,25,30)(H2,26,32)(H,27,31)(H,28,33)/t20-,21+,22+;17-,19+,20+;17-,18+,19+;16-,17+,18+/m1111/s1. The maximum atomic E-state index is 13.5. The normalized spacial score (nSPS) is 13.3. The Balaban J connectivity index is 0.000000484. The van der Waals surface area contributed by atoms with Gasteiger partial charge in [0.2, 0.25) is 82.7 Å². The molecule has 0 unspecified atom stereocenters. The van der Waals surface area contributed by atoms with Gasteiger partial charge in [0.15, 0.2) is 23.1 Å². The molecule has 16 amide bonds. The number of hydrogen-bond acceptors (Lipinski definition) is 26. The Kier molecular flexibility index (Phi) is 58.5. The Morgan fingerprint density at radius 2 is 0.539 bits per heavy atom. The summed E-state index contributed by atoms with van der Waals surface area (Å²) in [5, 5.41) is 20.8. The molecule has 0 radical (unpaired) electrons. The lowest BCUT2D eigenvalue weighted by atomic mass is 9.90. The second-order valence-corrected chi connectivity index (χ2v) is 33.7. The maximum absolute atomic E-state index is 13.5. The molecule has 0 aliphatic heterocycles. The third-order valence-corrected chi connectivity index (χ3v) is 22.2. The predicted molar refractivity (Wildman–Crippen MR) is 523 cm³/mol. The third-order valence-electron chi connectivity index (χ3n) is 22.2. The van der Waals surface area contributed by atoms with E-state index in [0.717, 1.165) is 22.3 Å². The van der Waals surface area contributed by atoms with E-state index in [9.17, 15) is 95.9 Å². The van der Waals surface area contributed by atoms with Crippen molar-refractivity contribution in [2.45, 2.75) is 222 Å². The first kappa shape index (κ1) is 121. The Bertz CT molecular complexity index is 4970. The lowest BCUT2D eigenvalue weighted by molar-refractivity contribution is -0.134. The molecule has 32 N–H and O–H groups in total. The van der Waals surface area contributed by atoms with Gasteiger partial charge in [-0.1, -0.05) is 172 Å². The smallest absolute Gasteiger partial charge is 0.255 e. The van der Waals surface area contributed by atoms with Crippen molar-refractivity contribution in [3.8, 4) is 0 Å². The van der Waals surface area contributed by atoms with Crippen LogP contribution in [0.5, 0.6) is 0 Å². The summed E-state index contributed by atoms with van der Waals surface area (Å²) in [5.74, 6) is -15.3. The van der Waals surface area contributed by atoms with Crippen LogP contribution in [0.4, 0.5) is 0 Å². The number of carbonyl (C=O) groups is 20. The Labute approximate surface area is 819 Å². The average Bonchev–Trinajstić information content (AvgIpc) is 1.78. The number of unbranched alkanes of at least 4 members (excludes halogenated alkanes) is 4. The zero-order valence-corrected chi connectivity index (χ0v) is 79.9. The van der Waals surface area contributed by atoms with Crippen LogP contribution in [0.2, 0.25) is 0 Å². The van der Waals surface area contributed by atoms with E-state index in [0.29, 0.717) is 109 Å². The third kappa shape index (κ3) is 50.5. The molecule has 768 valence electrons. The van der Waals surface area contributed by atoms with Gasteiger partial charge in [-0.25, -0.2) is 0 Å². The number of primary amides is 8. The van der Waals surface area contributed by atoms with Gasteiger partial charge in [0.1, 0.15) is 30.4 Å². The number of amides is 16. The van der Waals surface area contributed by atoms with Gasteiger partial charge in [-0.2, -0.15) is 0 Å². The Hall–Kier alpha value is -14.6. The molecular formula is C99H140N20O22. The Morgan fingerprint density at radius 1 is 0.291 bits per heavy atom. The number of furan rings is 1. The van der Waals surface area contributed by atoms with Crippen molar-refractivity contribution in [1.29, 1.82) is 0 Å². The van der Waals surface area contributed by atoms with Crippen molar-refractivity contribution in [1.82, 2.24) is 42.5 Å². The van der Waals surface area contributed by atoms with Crippen molar-refractivity contribution < 1.29 is 105 Å². The van der Waals surface area contributed by atoms with Crippen molar-refractivity contribution in [2.24, 2.45) is 92.5 Å². The summed E-state index contributed by atoms with van der Waals surface area (Å²) in [6.07, 6.45) is 7.53. The van der Waals surface area contributed by atoms with Gasteiger partial charge in [-0.05, 0) is 144 Å². The van der Waals surface area contributed by atoms with E-state index >= 15 is 0 Å². The van der Waals surface area contributed by atoms with Crippen LogP contribution in [-0.2, 0) is 117 Å². The van der Waals surface area contributed by atoms with Crippen LogP contribution >= 0.6 is 0 Å². The molecule has 0 aliphatic carbocycles. The summed E-state index contributed by atoms with van der Waals surface area (Å²) >= 11 is 0. The van der Waals surface area contributed by atoms with Crippen LogP contribution in [0.15, 0.2) is 175 Å². The monoisotopic (exact) mass is 1960 g/mol. The highest BCUT2D eigenvalue weighted by Gasteiger charge is 2.37. The molecule has 0 bridgehead atoms. The molecule has 5 aromatic carbocycles. The van der Waals surface area contributed by atoms with Crippen LogP contribution in [0.3, 0.4) is 0 Å². The highest BCUT2D eigenvalue weighted by Crippen LogP contribution is 2.24. The van der Waals surface area contributed by atoms with Gasteiger partial charge >= 0.3 is 0 Å². The molecule has 0 aliphatic rings. The van der Waals surface area contributed by atoms with Gasteiger partial charge in [0.05, 0.1) is 68.3 Å². The summed E-state index contributed by atoms with van der Waals surface area (Å²) in [6.45, 7) is 3.56. The SMILES string of the molecule is CCC(=O)N[C@@H](Cc1ccccc1)C(=O)C[C@@H](CCCCN)C(=O)N[C@@H](CC(N)=O)C(N)=O.COCCC(=O)N[C@@H](Cc1ccccc1)C(=O)C[C@@H](CCCCN)C(=O)N[C@@H](CC(N)=O)C(N)=O.NCCCC[C@H](CC(=O)[C@H](Cc1ccccc1)NC(=O)c1ccccc1)C(=O)N[C@@H](CC(N)=O)C(N)=O.NCCCC[C@H](CC(=O)[C@H](Cc1ccccc1)NC(=O)c1ccoc1)C(=O)N[C@@H](CC(N)=O)C(N)=O. The zero-order valence-electron chi connectivity index (χ0n) is 79.9. The van der Waals surface area contributed by atoms with Crippen molar-refractivity contribution in [3.63, 3.8) is 0 Å². The van der Waals surface area contributed by atoms with Crippen molar-refractivity contribution >= 4 is 118 Å². The molecule has 42 nitrogen and oxygen atoms in total. The number of carbonyl (C=O) groups excluding carboxylic acids is 20. The lowest BCUT2D eigenvalue weighted by Gasteiger charge is -2.23. The van der Waals surface area contributed by atoms with E-state index in [-0.39, 0.29) is 111 Å². The highest BCUT2D eigenvalue weighted by molar-refractivity contribution is 6.02. The first-order chi connectivity index (χ1) is 67.3. The van der Waals surface area contributed by atoms with Crippen LogP contribution in [0.1, 0.15) is 191 Å². The number of hydrogen-bond donors (Lipinski definition) is 20. The predicted octanol–water partition coefficient (Wildman–Crippen LogP) is -0.278. The lowest BCUT2D eigenvalue weighted by Crippen LogP contribution is -2.49. The molecule has 6 rings (SSSR count). The molecule has 12 atom stereocenters. The largest absolute Gasteiger partial charge is 0.472 e. The number of nitrogens with one attached hydrogen (secondary N) is 8. The van der Waals surface area contributed by atoms with Gasteiger partial charge in [-0.3, -0.25) is 95.9 Å². The van der Waals surface area contributed by atoms with E-state index in [1.165, 1.54) is 25.7 Å². The number of nitrogens with two attached hydrogens (primary N) is 12. The van der Waals surface area contributed by atoms with Crippen molar-refractivity contribution in [2.75, 3.05) is 39.9 Å². The topological polar surface area (TPSA) is 772 Å². The minimum Gasteiger partial charge on any atom is -0.472 e. The van der Waals surface area contributed by atoms with E-state index in [1.54, 1.807) is 37.3 Å². The minimum atomic E-state index is -1.29. The molecule has 6 aromatic rings. The zero-order chi connectivity index (χ0) is 105. The Morgan fingerprint density at radius 3 is 0.766 bits per heavy atom. The van der Waals surface area contributed by atoms with Crippen LogP contribution < -0.4 is 111 Å². The van der Waals surface area contributed by atoms with E-state index in [4.69, 9.17) is 78.0 Å². The summed E-state index contributed by atoms with van der Waals surface area (Å²) in [5.41, 5.74) is 68.0. The van der Waals surface area contributed by atoms with Gasteiger partial charge in [0.25, 0.3) is 11.8 Å². The van der Waals surface area contributed by atoms with E-state index < -0.39 is 180 Å². The molecule has 0 saturated heterocycles. The molecule has 141 heavy (non-hydrogen) atoms. The molecule has 0 fully saturated rings. The molecule has 1 aromatic heterocycles. The number of Topliss-reactive ketones (excluding diaryl/α,β-unsaturated/α-hetero) is 4. The number of methoxy groups -OCH3 is 1. The van der Waals surface area contributed by atoms with Crippen LogP contribution in [0, 0.1) is 23.7 Å². The first-order valence-electron chi connectivity index (χ1n) is 46.6. The number of ether oxygens (including phenoxy) is 1. The summed E-state index contributed by atoms with van der Waals surface area (Å²) in [7, 11) is 1.47. The summed E-state index contributed by atoms with van der Waals surface area (Å²) in [4.78, 5) is 247. The fourth-order valence-corrected chi connectivity index (χ4v) is 14.4. The fourth-order valence-electron chi connectivity index (χ4n) is 14.4. The van der Waals surface area contributed by atoms with Gasteiger partial charge in [-0.15, -0.1) is 0 Å². The van der Waals surface area contributed by atoms with Gasteiger partial charge < -0.3 is 120 Å². The van der Waals surface area contributed by atoms with Crippen LogP contribution in [-0.4, -0.2) is 206 Å². The molecule has 42 heteroatoms. The number of rotatable bonds is 66. The molecular weight excluding hydrogens is 1820 g/mol. The summed E-state index contributed by atoms with van der Waals surface area (Å²) in [6, 6.07) is 38.2. The maximum Gasteiger partial charge on any atom is 0.255 e. The number of benzene rings is 5. The molecule has 0 spiro atoms. The van der Waals surface area contributed by atoms with Gasteiger partial charge in [0, 0.05) is 74.9 Å². The first-order valence-corrected chi connectivity index (χ1v) is 46.6. The second-order valence-electron chi connectivity index (χ2n) is 33.7. The molecule has 1 heterocycles. The fraction of sp³-hybridized carbons (Fsp3) is 0.455. The molecule has 0 saturated carbocycles. The van der Waals surface area contributed by atoms with Crippen LogP contribution in [0.25, 0.3) is 0 Å². The average molecular weight is 1960 g/mol. The second kappa shape index (κ2) is 68.4. The van der Waals surface area contributed by atoms with E-state index in [2.05, 4.69) is 42.5 Å². The summed E-state index contributed by atoms with van der Waals surface area (Å²) < 4.78 is 9.88.